The number of pyridine rings is 1. The highest BCUT2D eigenvalue weighted by molar-refractivity contribution is 5.79. The van der Waals surface area contributed by atoms with Gasteiger partial charge in [0.1, 0.15) is 17.8 Å². The molecule has 45 heavy (non-hydrogen) atoms. The van der Waals surface area contributed by atoms with Crippen LogP contribution in [0.25, 0.3) is 0 Å². The van der Waals surface area contributed by atoms with Crippen LogP contribution in [0.5, 0.6) is 5.88 Å². The average Bonchev–Trinajstić information content (AvgIpc) is 2.95. The zero-order valence-electron chi connectivity index (χ0n) is 28.0. The second kappa shape index (κ2) is 15.1. The van der Waals surface area contributed by atoms with Gasteiger partial charge in [-0.25, -0.2) is 9.78 Å². The van der Waals surface area contributed by atoms with E-state index in [1.165, 1.54) is 0 Å². The Morgan fingerprint density at radius 2 is 1.78 bits per heavy atom. The molecule has 2 saturated heterocycles. The molecule has 1 spiro atoms. The van der Waals surface area contributed by atoms with Crippen molar-refractivity contribution in [3.05, 3.63) is 23.9 Å². The van der Waals surface area contributed by atoms with E-state index in [4.69, 9.17) is 28.7 Å². The number of carbonyl (C=O) groups excluding carboxylic acids is 3. The molecule has 2 aliphatic heterocycles. The van der Waals surface area contributed by atoms with Crippen molar-refractivity contribution in [2.24, 2.45) is 0 Å². The Kier molecular flexibility index (Phi) is 11.7. The molecule has 1 aromatic heterocycles. The Morgan fingerprint density at radius 1 is 1.04 bits per heavy atom. The van der Waals surface area contributed by atoms with E-state index in [1.807, 2.05) is 53.7 Å². The lowest BCUT2D eigenvalue weighted by Crippen LogP contribution is -2.72. The standard InChI is InChI=1S/C34H53N3O8/c1-32(2,3)44-30(39)13-7-8-20-42-29-12-9-11-26(35-29)24-14-16-25(17-15-24)43-21-27-34(23-41-22-28(38)36-34)18-10-19-37(27)31(40)45-33(4,5)6/h9,11-12,24-25,27H,7-8,10,13-23H2,1-6H3,(H,36,38)/t24?,25?,27-,34-/m1/s1. The van der Waals surface area contributed by atoms with Crippen LogP contribution in [-0.4, -0.2) is 89.7 Å². The lowest BCUT2D eigenvalue weighted by molar-refractivity contribution is -0.155. The number of piperidine rings is 1. The lowest BCUT2D eigenvalue weighted by atomic mass is 9.80. The van der Waals surface area contributed by atoms with Crippen molar-refractivity contribution in [1.82, 2.24) is 15.2 Å². The van der Waals surface area contributed by atoms with Gasteiger partial charge in [0.05, 0.1) is 37.5 Å². The fourth-order valence-electron chi connectivity index (χ4n) is 6.40. The molecule has 3 fully saturated rings. The first kappa shape index (κ1) is 34.9. The minimum absolute atomic E-state index is 0.0279. The van der Waals surface area contributed by atoms with Crippen LogP contribution in [0.3, 0.4) is 0 Å². The summed E-state index contributed by atoms with van der Waals surface area (Å²) in [6, 6.07) is 5.52. The van der Waals surface area contributed by atoms with Crippen LogP contribution < -0.4 is 10.1 Å². The van der Waals surface area contributed by atoms with Crippen molar-refractivity contribution >= 4 is 18.0 Å². The highest BCUT2D eigenvalue weighted by Gasteiger charge is 2.50. The largest absolute Gasteiger partial charge is 0.478 e. The predicted octanol–water partition coefficient (Wildman–Crippen LogP) is 5.30. The Bertz CT molecular complexity index is 1150. The summed E-state index contributed by atoms with van der Waals surface area (Å²) in [4.78, 5) is 44.0. The number of nitrogens with zero attached hydrogens (tertiary/aromatic N) is 2. The van der Waals surface area contributed by atoms with E-state index in [0.29, 0.717) is 57.4 Å². The molecule has 1 aromatic rings. The molecule has 3 heterocycles. The molecule has 1 N–H and O–H groups in total. The van der Waals surface area contributed by atoms with Crippen molar-refractivity contribution in [1.29, 1.82) is 0 Å². The number of esters is 1. The maximum Gasteiger partial charge on any atom is 0.410 e. The molecule has 0 aromatic carbocycles. The van der Waals surface area contributed by atoms with E-state index >= 15 is 0 Å². The van der Waals surface area contributed by atoms with Crippen molar-refractivity contribution in [2.45, 2.75) is 134 Å². The number of hydrogen-bond donors (Lipinski definition) is 1. The summed E-state index contributed by atoms with van der Waals surface area (Å²) < 4.78 is 29.2. The monoisotopic (exact) mass is 631 g/mol. The van der Waals surface area contributed by atoms with Crippen molar-refractivity contribution in [3.8, 4) is 5.88 Å². The zero-order chi connectivity index (χ0) is 32.7. The summed E-state index contributed by atoms with van der Waals surface area (Å²) >= 11 is 0. The topological polar surface area (TPSA) is 126 Å². The Labute approximate surface area is 268 Å². The van der Waals surface area contributed by atoms with Gasteiger partial charge < -0.3 is 33.9 Å². The van der Waals surface area contributed by atoms with Gasteiger partial charge in [-0.2, -0.15) is 0 Å². The molecule has 0 bridgehead atoms. The lowest BCUT2D eigenvalue weighted by Gasteiger charge is -2.51. The van der Waals surface area contributed by atoms with Crippen molar-refractivity contribution in [3.63, 3.8) is 0 Å². The number of morpholine rings is 1. The summed E-state index contributed by atoms with van der Waals surface area (Å²) in [6.45, 7) is 12.9. The number of rotatable bonds is 10. The van der Waals surface area contributed by atoms with Crippen molar-refractivity contribution < 1.29 is 38.1 Å². The fourth-order valence-corrected chi connectivity index (χ4v) is 6.40. The van der Waals surface area contributed by atoms with E-state index in [-0.39, 0.29) is 30.6 Å². The SMILES string of the molecule is CC(C)(C)OC(=O)CCCCOc1cccc(C2CCC(OC[C@H]3N(C(=O)OC(C)(C)C)CCC[C@@]34COCC(=O)N4)CC2)n1. The Morgan fingerprint density at radius 3 is 2.47 bits per heavy atom. The van der Waals surface area contributed by atoms with Gasteiger partial charge in [0.15, 0.2) is 0 Å². The smallest absolute Gasteiger partial charge is 0.410 e. The van der Waals surface area contributed by atoms with Crippen LogP contribution in [0, 0.1) is 0 Å². The molecular weight excluding hydrogens is 578 g/mol. The third kappa shape index (κ3) is 10.6. The number of hydrogen-bond acceptors (Lipinski definition) is 9. The molecule has 4 rings (SSSR count). The number of nitrogens with one attached hydrogen (secondary N) is 1. The van der Waals surface area contributed by atoms with Gasteiger partial charge in [-0.1, -0.05) is 6.07 Å². The minimum atomic E-state index is -0.693. The summed E-state index contributed by atoms with van der Waals surface area (Å²) in [5, 5.41) is 3.15. The average molecular weight is 632 g/mol. The zero-order valence-corrected chi connectivity index (χ0v) is 28.0. The van der Waals surface area contributed by atoms with Gasteiger partial charge in [-0.15, -0.1) is 0 Å². The molecule has 11 nitrogen and oxygen atoms in total. The van der Waals surface area contributed by atoms with Crippen LogP contribution in [0.15, 0.2) is 18.2 Å². The number of likely N-dealkylation sites (tertiary alicyclic amines) is 1. The third-order valence-electron chi connectivity index (χ3n) is 8.42. The van der Waals surface area contributed by atoms with Crippen LogP contribution in [0.1, 0.15) is 111 Å². The first-order valence-corrected chi connectivity index (χ1v) is 16.5. The Balaban J connectivity index is 1.27. The highest BCUT2D eigenvalue weighted by Crippen LogP contribution is 2.36. The van der Waals surface area contributed by atoms with Crippen LogP contribution in [0.4, 0.5) is 4.79 Å². The number of ether oxygens (including phenoxy) is 5. The second-order valence-electron chi connectivity index (χ2n) is 14.6. The number of unbranched alkanes of at least 4 members (excludes halogenated alkanes) is 1. The molecule has 0 radical (unpaired) electrons. The maximum atomic E-state index is 13.2. The van der Waals surface area contributed by atoms with E-state index in [0.717, 1.165) is 44.2 Å². The summed E-state index contributed by atoms with van der Waals surface area (Å²) in [5.41, 5.74) is -0.768. The first-order chi connectivity index (χ1) is 21.2. The maximum absolute atomic E-state index is 13.2. The quantitative estimate of drug-likeness (QED) is 0.271. The molecule has 0 unspecified atom stereocenters. The van der Waals surface area contributed by atoms with E-state index < -0.39 is 22.8 Å². The third-order valence-corrected chi connectivity index (χ3v) is 8.42. The predicted molar refractivity (Wildman–Crippen MR) is 168 cm³/mol. The summed E-state index contributed by atoms with van der Waals surface area (Å²) in [6.07, 6.45) is 6.55. The van der Waals surface area contributed by atoms with Crippen LogP contribution in [0.2, 0.25) is 0 Å². The summed E-state index contributed by atoms with van der Waals surface area (Å²) in [5.74, 6) is 0.559. The van der Waals surface area contributed by atoms with E-state index in [2.05, 4.69) is 11.4 Å². The number of amides is 2. The van der Waals surface area contributed by atoms with Gasteiger partial charge in [0.2, 0.25) is 11.8 Å². The molecule has 3 aliphatic rings. The molecule has 252 valence electrons. The van der Waals surface area contributed by atoms with Gasteiger partial charge in [-0.05, 0) is 99.0 Å². The second-order valence-corrected chi connectivity index (χ2v) is 14.6. The Hall–Kier alpha value is -2.92. The number of aromatic nitrogens is 1. The summed E-state index contributed by atoms with van der Waals surface area (Å²) in [7, 11) is 0. The van der Waals surface area contributed by atoms with Gasteiger partial charge in [0.25, 0.3) is 0 Å². The van der Waals surface area contributed by atoms with E-state index in [9.17, 15) is 14.4 Å². The van der Waals surface area contributed by atoms with Crippen LogP contribution >= 0.6 is 0 Å². The number of carbonyl (C=O) groups is 3. The molecule has 1 aliphatic carbocycles. The molecule has 2 atom stereocenters. The van der Waals surface area contributed by atoms with Gasteiger partial charge >= 0.3 is 12.1 Å². The normalized spacial score (nSPS) is 25.9. The van der Waals surface area contributed by atoms with Crippen molar-refractivity contribution in [2.75, 3.05) is 33.0 Å². The molecule has 1 saturated carbocycles. The van der Waals surface area contributed by atoms with Gasteiger partial charge in [-0.3, -0.25) is 9.59 Å². The highest BCUT2D eigenvalue weighted by atomic mass is 16.6. The first-order valence-electron chi connectivity index (χ1n) is 16.5. The molecular formula is C34H53N3O8. The minimum Gasteiger partial charge on any atom is -0.478 e. The van der Waals surface area contributed by atoms with E-state index in [1.54, 1.807) is 4.90 Å². The molecule has 11 heteroatoms. The van der Waals surface area contributed by atoms with Crippen LogP contribution in [-0.2, 0) is 28.5 Å². The van der Waals surface area contributed by atoms with Gasteiger partial charge in [0, 0.05) is 30.6 Å². The fraction of sp³-hybridized carbons (Fsp3) is 0.765. The molecule has 2 amide bonds.